The number of carbonyl (C=O) groups excluding carboxylic acids is 1. The molecule has 1 saturated carbocycles. The number of aliphatic imine (C=N–C) groups is 1. The summed E-state index contributed by atoms with van der Waals surface area (Å²) in [5, 5.41) is 0. The van der Waals surface area contributed by atoms with Crippen molar-refractivity contribution in [1.29, 1.82) is 0 Å². The molecule has 2 heterocycles. The molecule has 204 valence electrons. The van der Waals surface area contributed by atoms with E-state index in [2.05, 4.69) is 24.0 Å². The Labute approximate surface area is 226 Å². The molecule has 5 rings (SSSR count). The molecule has 6 nitrogen and oxygen atoms in total. The zero-order valence-electron chi connectivity index (χ0n) is 23.2. The number of amidine groups is 1. The Morgan fingerprint density at radius 2 is 1.87 bits per heavy atom. The van der Waals surface area contributed by atoms with Crippen LogP contribution in [-0.2, 0) is 6.54 Å². The van der Waals surface area contributed by atoms with E-state index in [-0.39, 0.29) is 30.0 Å². The predicted molar refractivity (Wildman–Crippen MR) is 150 cm³/mol. The van der Waals surface area contributed by atoms with Gasteiger partial charge in [0.15, 0.2) is 0 Å². The largest absolute Gasteiger partial charge is 0.491 e. The zero-order chi connectivity index (χ0) is 26.9. The summed E-state index contributed by atoms with van der Waals surface area (Å²) in [7, 11) is 1.84. The first-order valence-corrected chi connectivity index (χ1v) is 14.2. The number of benzene rings is 2. The van der Waals surface area contributed by atoms with Crippen LogP contribution >= 0.6 is 0 Å². The molecule has 0 N–H and O–H groups in total. The lowest BCUT2D eigenvalue weighted by Crippen LogP contribution is -2.59. The number of likely N-dealkylation sites (tertiary alicyclic amines) is 1. The van der Waals surface area contributed by atoms with E-state index in [0.717, 1.165) is 50.4 Å². The second-order valence-electron chi connectivity index (χ2n) is 11.5. The van der Waals surface area contributed by atoms with Gasteiger partial charge in [0.05, 0.1) is 12.1 Å². The van der Waals surface area contributed by atoms with Gasteiger partial charge in [0.25, 0.3) is 0 Å². The molecule has 1 aliphatic carbocycles. The van der Waals surface area contributed by atoms with Gasteiger partial charge < -0.3 is 4.74 Å². The fourth-order valence-corrected chi connectivity index (χ4v) is 6.53. The Balaban J connectivity index is 1.46. The lowest BCUT2D eigenvalue weighted by atomic mass is 9.80. The van der Waals surface area contributed by atoms with Crippen LogP contribution in [0.1, 0.15) is 71.3 Å². The molecule has 38 heavy (non-hydrogen) atoms. The van der Waals surface area contributed by atoms with Gasteiger partial charge in [0.1, 0.15) is 22.9 Å². The third-order valence-electron chi connectivity index (χ3n) is 8.31. The highest BCUT2D eigenvalue weighted by molar-refractivity contribution is 6.18. The maximum absolute atomic E-state index is 14.4. The molecule has 0 aromatic heterocycles. The van der Waals surface area contributed by atoms with E-state index in [1.807, 2.05) is 44.0 Å². The van der Waals surface area contributed by atoms with Crippen molar-refractivity contribution >= 4 is 17.6 Å². The van der Waals surface area contributed by atoms with Gasteiger partial charge in [-0.05, 0) is 82.3 Å². The molecule has 2 aliphatic heterocycles. The molecular formula is C31H41FN4O2. The smallest absolute Gasteiger partial charge is 0.330 e. The fourth-order valence-electron chi connectivity index (χ4n) is 6.53. The average molecular weight is 521 g/mol. The van der Waals surface area contributed by atoms with Gasteiger partial charge in [0.2, 0.25) is 0 Å². The van der Waals surface area contributed by atoms with E-state index in [1.165, 1.54) is 37.0 Å². The second kappa shape index (κ2) is 11.0. The van der Waals surface area contributed by atoms with Crippen molar-refractivity contribution in [3.05, 3.63) is 59.9 Å². The highest BCUT2D eigenvalue weighted by Crippen LogP contribution is 2.43. The summed E-state index contributed by atoms with van der Waals surface area (Å²) in [6, 6.07) is 15.1. The molecule has 0 radical (unpaired) electrons. The quantitative estimate of drug-likeness (QED) is 0.429. The Morgan fingerprint density at radius 3 is 2.58 bits per heavy atom. The van der Waals surface area contributed by atoms with Gasteiger partial charge in [-0.15, -0.1) is 0 Å². The number of hydrogen-bond donors (Lipinski definition) is 0. The van der Waals surface area contributed by atoms with E-state index >= 15 is 0 Å². The summed E-state index contributed by atoms with van der Waals surface area (Å²) < 4.78 is 20.3. The van der Waals surface area contributed by atoms with Crippen LogP contribution in [0.15, 0.2) is 53.5 Å². The number of ether oxygens (including phenoxy) is 1. The first-order valence-electron chi connectivity index (χ1n) is 14.2. The third-order valence-corrected chi connectivity index (χ3v) is 8.31. The molecule has 2 amide bonds. The van der Waals surface area contributed by atoms with Gasteiger partial charge in [-0.2, -0.15) is 0 Å². The number of piperidine rings is 1. The number of likely N-dealkylation sites (N-methyl/N-ethyl adjacent to an activating group) is 1. The summed E-state index contributed by atoms with van der Waals surface area (Å²) >= 11 is 0. The number of amides is 2. The van der Waals surface area contributed by atoms with E-state index in [1.54, 1.807) is 11.0 Å². The first kappa shape index (κ1) is 26.7. The van der Waals surface area contributed by atoms with Crippen LogP contribution in [-0.4, -0.2) is 59.0 Å². The number of halogens is 1. The van der Waals surface area contributed by atoms with Crippen molar-refractivity contribution in [1.82, 2.24) is 9.80 Å². The standard InChI is InChI=1S/C31H41FN4O2/c1-22(2)38-28-15-8-10-24(18-28)21-35-17-16-31(20-23(35)3)29(33-26-12-6-5-7-13-26)34(4)30(37)36(31)27-14-9-11-25(32)19-27/h8-11,14-15,18-19,22-23,26H,5-7,12-13,16-17,20-21H2,1-4H3/b33-29-/t23-,31?/m0/s1. The van der Waals surface area contributed by atoms with Gasteiger partial charge in [-0.3, -0.25) is 19.7 Å². The highest BCUT2D eigenvalue weighted by atomic mass is 19.1. The Kier molecular flexibility index (Phi) is 7.75. The minimum atomic E-state index is -0.588. The van der Waals surface area contributed by atoms with Crippen molar-refractivity contribution in [2.45, 2.75) is 96.0 Å². The van der Waals surface area contributed by atoms with Crippen molar-refractivity contribution in [2.75, 3.05) is 18.5 Å². The predicted octanol–water partition coefficient (Wildman–Crippen LogP) is 6.64. The van der Waals surface area contributed by atoms with Crippen molar-refractivity contribution in [3.8, 4) is 5.75 Å². The fraction of sp³-hybridized carbons (Fsp3) is 0.548. The SMILES string of the molecule is CC(C)Oc1cccc(CN2CCC3(C[C@@H]2C)/C(=N/C2CCCCC2)N(C)C(=O)N3c2cccc(F)c2)c1. The summed E-state index contributed by atoms with van der Waals surface area (Å²) in [5.41, 5.74) is 1.23. The van der Waals surface area contributed by atoms with Gasteiger partial charge in [-0.1, -0.05) is 37.5 Å². The van der Waals surface area contributed by atoms with Crippen LogP contribution in [0.2, 0.25) is 0 Å². The van der Waals surface area contributed by atoms with E-state index in [9.17, 15) is 9.18 Å². The molecule has 3 aliphatic rings. The number of carbonyl (C=O) groups is 1. The molecule has 2 aromatic rings. The Morgan fingerprint density at radius 1 is 1.11 bits per heavy atom. The molecule has 2 saturated heterocycles. The van der Waals surface area contributed by atoms with Crippen molar-refractivity contribution in [2.24, 2.45) is 4.99 Å². The van der Waals surface area contributed by atoms with Gasteiger partial charge in [-0.25, -0.2) is 9.18 Å². The molecule has 3 fully saturated rings. The molecule has 0 bridgehead atoms. The van der Waals surface area contributed by atoms with E-state index in [0.29, 0.717) is 5.69 Å². The Bertz CT molecular complexity index is 1180. The summed E-state index contributed by atoms with van der Waals surface area (Å²) in [5.74, 6) is 1.41. The van der Waals surface area contributed by atoms with Crippen molar-refractivity contribution in [3.63, 3.8) is 0 Å². The molecule has 2 atom stereocenters. The normalized spacial score (nSPS) is 26.2. The molecule has 1 spiro atoms. The average Bonchev–Trinajstić information content (AvgIpc) is 3.07. The highest BCUT2D eigenvalue weighted by Gasteiger charge is 2.57. The van der Waals surface area contributed by atoms with Crippen LogP contribution in [0.5, 0.6) is 5.75 Å². The second-order valence-corrected chi connectivity index (χ2v) is 11.5. The number of hydrogen-bond acceptors (Lipinski definition) is 4. The lowest BCUT2D eigenvalue weighted by molar-refractivity contribution is 0.123. The molecule has 1 unspecified atom stereocenters. The molecular weight excluding hydrogens is 479 g/mol. The summed E-state index contributed by atoms with van der Waals surface area (Å²) in [6.07, 6.45) is 7.38. The zero-order valence-corrected chi connectivity index (χ0v) is 23.2. The maximum Gasteiger partial charge on any atom is 0.330 e. The minimum Gasteiger partial charge on any atom is -0.491 e. The molecule has 2 aromatic carbocycles. The Hall–Kier alpha value is -2.93. The van der Waals surface area contributed by atoms with Gasteiger partial charge in [0, 0.05) is 31.9 Å². The van der Waals surface area contributed by atoms with Crippen molar-refractivity contribution < 1.29 is 13.9 Å². The van der Waals surface area contributed by atoms with Crippen LogP contribution in [0, 0.1) is 5.82 Å². The molecule has 7 heteroatoms. The van der Waals surface area contributed by atoms with E-state index in [4.69, 9.17) is 9.73 Å². The number of rotatable bonds is 6. The topological polar surface area (TPSA) is 48.4 Å². The van der Waals surface area contributed by atoms with Crippen LogP contribution in [0.25, 0.3) is 0 Å². The number of anilines is 1. The van der Waals surface area contributed by atoms with Gasteiger partial charge >= 0.3 is 6.03 Å². The number of urea groups is 1. The monoisotopic (exact) mass is 520 g/mol. The first-order chi connectivity index (χ1) is 18.3. The third kappa shape index (κ3) is 5.31. The van der Waals surface area contributed by atoms with Crippen LogP contribution in [0.4, 0.5) is 14.9 Å². The van der Waals surface area contributed by atoms with Crippen LogP contribution in [0.3, 0.4) is 0 Å². The van der Waals surface area contributed by atoms with Crippen LogP contribution < -0.4 is 9.64 Å². The summed E-state index contributed by atoms with van der Waals surface area (Å²) in [4.78, 5) is 25.1. The number of nitrogens with zero attached hydrogens (tertiary/aromatic N) is 4. The minimum absolute atomic E-state index is 0.121. The summed E-state index contributed by atoms with van der Waals surface area (Å²) in [6.45, 7) is 7.93. The maximum atomic E-state index is 14.4. The lowest BCUT2D eigenvalue weighted by Gasteiger charge is -2.47. The van der Waals surface area contributed by atoms with E-state index < -0.39 is 5.54 Å².